The standard InChI is InChI=1S/C3H4OS3/c1-2(4)7-3(5)6/h1H3,(H,5,6). The summed E-state index contributed by atoms with van der Waals surface area (Å²) in [5, 5.41) is -0.0139. The fourth-order valence-corrected chi connectivity index (χ4v) is 1.11. The average Bonchev–Trinajstić information content (AvgIpc) is 1.27. The number of hydrogen-bond donors (Lipinski definition) is 1. The highest BCUT2D eigenvalue weighted by Crippen LogP contribution is 2.06. The monoisotopic (exact) mass is 152 g/mol. The van der Waals surface area contributed by atoms with E-state index in [2.05, 4.69) is 24.8 Å². The van der Waals surface area contributed by atoms with Crippen molar-refractivity contribution in [2.45, 2.75) is 6.92 Å². The number of thioether (sulfide) groups is 1. The van der Waals surface area contributed by atoms with Crippen LogP contribution in [0.15, 0.2) is 0 Å². The zero-order chi connectivity index (χ0) is 5.86. The molecule has 1 nitrogen and oxygen atoms in total. The molecule has 0 saturated carbocycles. The van der Waals surface area contributed by atoms with E-state index in [9.17, 15) is 4.79 Å². The van der Waals surface area contributed by atoms with Gasteiger partial charge < -0.3 is 0 Å². The van der Waals surface area contributed by atoms with Crippen molar-refractivity contribution < 1.29 is 4.79 Å². The molecule has 0 radical (unpaired) electrons. The van der Waals surface area contributed by atoms with Crippen LogP contribution in [0.25, 0.3) is 0 Å². The summed E-state index contributed by atoms with van der Waals surface area (Å²) in [5.41, 5.74) is 0. The molecule has 0 unspecified atom stereocenters. The summed E-state index contributed by atoms with van der Waals surface area (Å²) in [6.45, 7) is 1.45. The molecule has 0 amide bonds. The second-order valence-electron chi connectivity index (χ2n) is 0.860. The number of thiol groups is 1. The molecule has 0 N–H and O–H groups in total. The van der Waals surface area contributed by atoms with Crippen molar-refractivity contribution in [3.63, 3.8) is 0 Å². The Labute approximate surface area is 57.3 Å². The van der Waals surface area contributed by atoms with E-state index in [1.807, 2.05) is 0 Å². The molecule has 0 atom stereocenters. The Morgan fingerprint density at radius 3 is 2.29 bits per heavy atom. The molecular weight excluding hydrogens is 148 g/mol. The number of carbonyl (C=O) groups excluding carboxylic acids is 1. The minimum absolute atomic E-state index is 0.0139. The van der Waals surface area contributed by atoms with Gasteiger partial charge in [0.05, 0.1) is 0 Å². The second kappa shape index (κ2) is 3.46. The van der Waals surface area contributed by atoms with Crippen LogP contribution in [0.2, 0.25) is 0 Å². The number of hydrogen-bond acceptors (Lipinski definition) is 3. The van der Waals surface area contributed by atoms with E-state index in [0.29, 0.717) is 3.53 Å². The van der Waals surface area contributed by atoms with Gasteiger partial charge in [-0.05, 0) is 11.8 Å². The largest absolute Gasteiger partial charge is 0.287 e. The van der Waals surface area contributed by atoms with E-state index in [-0.39, 0.29) is 5.12 Å². The minimum atomic E-state index is -0.0139. The summed E-state index contributed by atoms with van der Waals surface area (Å²) >= 11 is 9.16. The molecule has 0 bridgehead atoms. The topological polar surface area (TPSA) is 17.1 Å². The molecule has 0 spiro atoms. The molecule has 0 fully saturated rings. The third kappa shape index (κ3) is 6.46. The summed E-state index contributed by atoms with van der Waals surface area (Å²) in [5.74, 6) is 0. The summed E-state index contributed by atoms with van der Waals surface area (Å²) in [7, 11) is 0. The summed E-state index contributed by atoms with van der Waals surface area (Å²) in [6, 6.07) is 0. The van der Waals surface area contributed by atoms with Gasteiger partial charge in [0.2, 0.25) is 0 Å². The molecule has 0 aliphatic rings. The van der Waals surface area contributed by atoms with Crippen LogP contribution in [0.5, 0.6) is 0 Å². The quantitative estimate of drug-likeness (QED) is 0.418. The van der Waals surface area contributed by atoms with Gasteiger partial charge in [-0.3, -0.25) is 4.79 Å². The average molecular weight is 152 g/mol. The minimum Gasteiger partial charge on any atom is -0.287 e. The highest BCUT2D eigenvalue weighted by atomic mass is 32.2. The molecule has 0 saturated heterocycles. The van der Waals surface area contributed by atoms with Gasteiger partial charge in [-0.25, -0.2) is 0 Å². The fourth-order valence-electron chi connectivity index (χ4n) is 0.123. The van der Waals surface area contributed by atoms with E-state index >= 15 is 0 Å². The third-order valence-corrected chi connectivity index (χ3v) is 1.22. The summed E-state index contributed by atoms with van der Waals surface area (Å²) in [6.07, 6.45) is 0. The van der Waals surface area contributed by atoms with E-state index in [1.165, 1.54) is 6.92 Å². The highest BCUT2D eigenvalue weighted by molar-refractivity contribution is 8.47. The fraction of sp³-hybridized carbons (Fsp3) is 0.333. The van der Waals surface area contributed by atoms with Gasteiger partial charge in [-0.1, -0.05) is 12.2 Å². The lowest BCUT2D eigenvalue weighted by Gasteiger charge is -1.83. The Balaban J connectivity index is 3.32. The van der Waals surface area contributed by atoms with E-state index < -0.39 is 0 Å². The molecule has 4 heteroatoms. The first-order valence-electron chi connectivity index (χ1n) is 1.54. The number of carbonyl (C=O) groups is 1. The van der Waals surface area contributed by atoms with Gasteiger partial charge in [-0.15, -0.1) is 12.6 Å². The lowest BCUT2D eigenvalue weighted by Crippen LogP contribution is -1.81. The first kappa shape index (κ1) is 7.46. The van der Waals surface area contributed by atoms with E-state index in [4.69, 9.17) is 0 Å². The van der Waals surface area contributed by atoms with Crippen molar-refractivity contribution in [1.82, 2.24) is 0 Å². The maximum absolute atomic E-state index is 10.1. The molecule has 0 aliphatic heterocycles. The molecule has 0 aromatic heterocycles. The molecule has 0 aliphatic carbocycles. The molecule has 0 rings (SSSR count). The Morgan fingerprint density at radius 1 is 1.86 bits per heavy atom. The van der Waals surface area contributed by atoms with Crippen molar-refractivity contribution in [3.8, 4) is 0 Å². The van der Waals surface area contributed by atoms with Crippen LogP contribution >= 0.6 is 36.6 Å². The van der Waals surface area contributed by atoms with Crippen LogP contribution in [0.1, 0.15) is 6.92 Å². The lowest BCUT2D eigenvalue weighted by molar-refractivity contribution is -0.109. The van der Waals surface area contributed by atoms with Crippen molar-refractivity contribution >= 4 is 45.3 Å². The first-order valence-corrected chi connectivity index (χ1v) is 3.21. The predicted molar refractivity (Wildman–Crippen MR) is 39.9 cm³/mol. The SMILES string of the molecule is CC(=O)SC(=S)S. The van der Waals surface area contributed by atoms with Gasteiger partial charge in [-0.2, -0.15) is 0 Å². The third-order valence-electron chi connectivity index (χ3n) is 0.231. The summed E-state index contributed by atoms with van der Waals surface area (Å²) < 4.78 is 0.382. The van der Waals surface area contributed by atoms with Crippen LogP contribution in [0, 0.1) is 0 Å². The number of thiocarbonyl (C=S) groups is 1. The molecular formula is C3H4OS3. The van der Waals surface area contributed by atoms with Crippen molar-refractivity contribution in [2.24, 2.45) is 0 Å². The van der Waals surface area contributed by atoms with Crippen molar-refractivity contribution in [2.75, 3.05) is 0 Å². The smallest absolute Gasteiger partial charge is 0.191 e. The van der Waals surface area contributed by atoms with Gasteiger partial charge in [0.25, 0.3) is 0 Å². The Hall–Kier alpha value is 0.460. The maximum atomic E-state index is 10.1. The number of rotatable bonds is 0. The van der Waals surface area contributed by atoms with Crippen molar-refractivity contribution in [1.29, 1.82) is 0 Å². The van der Waals surface area contributed by atoms with Gasteiger partial charge >= 0.3 is 0 Å². The van der Waals surface area contributed by atoms with Crippen LogP contribution < -0.4 is 0 Å². The van der Waals surface area contributed by atoms with Crippen LogP contribution in [-0.4, -0.2) is 8.64 Å². The van der Waals surface area contributed by atoms with Crippen molar-refractivity contribution in [3.05, 3.63) is 0 Å². The van der Waals surface area contributed by atoms with Gasteiger partial charge in [0.15, 0.2) is 5.12 Å². The predicted octanol–water partition coefficient (Wildman–Crippen LogP) is 1.48. The van der Waals surface area contributed by atoms with E-state index in [1.54, 1.807) is 0 Å². The van der Waals surface area contributed by atoms with Gasteiger partial charge in [0.1, 0.15) is 3.53 Å². The highest BCUT2D eigenvalue weighted by Gasteiger charge is 1.92. The normalized spacial score (nSPS) is 8.29. The molecule has 40 valence electrons. The Bertz CT molecular complexity index is 86.4. The summed E-state index contributed by atoms with van der Waals surface area (Å²) in [4.78, 5) is 10.1. The van der Waals surface area contributed by atoms with Crippen LogP contribution in [0.3, 0.4) is 0 Å². The van der Waals surface area contributed by atoms with Crippen LogP contribution in [0.4, 0.5) is 0 Å². The molecule has 0 heterocycles. The lowest BCUT2D eigenvalue weighted by atomic mass is 10.9. The second-order valence-corrected chi connectivity index (χ2v) is 3.77. The molecule has 7 heavy (non-hydrogen) atoms. The van der Waals surface area contributed by atoms with E-state index in [0.717, 1.165) is 11.8 Å². The molecule has 0 aromatic carbocycles. The Kier molecular flexibility index (Phi) is 3.69. The molecule has 0 aromatic rings. The Morgan fingerprint density at radius 2 is 2.29 bits per heavy atom. The zero-order valence-electron chi connectivity index (χ0n) is 3.67. The van der Waals surface area contributed by atoms with Crippen LogP contribution in [-0.2, 0) is 4.79 Å². The van der Waals surface area contributed by atoms with Gasteiger partial charge in [0, 0.05) is 6.92 Å². The zero-order valence-corrected chi connectivity index (χ0v) is 6.20. The maximum Gasteiger partial charge on any atom is 0.191 e. The first-order chi connectivity index (χ1) is 3.13.